The molecule has 0 atom stereocenters. The van der Waals surface area contributed by atoms with Gasteiger partial charge in [-0.1, -0.05) is 0 Å². The molecule has 0 spiro atoms. The van der Waals surface area contributed by atoms with Gasteiger partial charge in [-0.05, 0) is 39.7 Å². The lowest BCUT2D eigenvalue weighted by atomic mass is 10.1. The maximum Gasteiger partial charge on any atom is 0.0934 e. The molecule has 0 amide bonds. The number of hydrogen-bond donors (Lipinski definition) is 0. The number of hydrogen-bond acceptors (Lipinski definition) is 2. The molecule has 3 heteroatoms. The van der Waals surface area contributed by atoms with Crippen molar-refractivity contribution in [2.75, 3.05) is 18.5 Å². The lowest BCUT2D eigenvalue weighted by Gasteiger charge is -2.25. The smallest absolute Gasteiger partial charge is 0.0934 e. The van der Waals surface area contributed by atoms with Gasteiger partial charge in [0.1, 0.15) is 0 Å². The fraction of sp³-hybridized carbons (Fsp3) is 0.500. The second kappa shape index (κ2) is 2.79. The monoisotopic (exact) mass is 231 g/mol. The molecular weight excluding hydrogens is 222 g/mol. The first-order valence-electron chi connectivity index (χ1n) is 3.76. The quantitative estimate of drug-likeness (QED) is 0.664. The van der Waals surface area contributed by atoms with Crippen LogP contribution in [-0.2, 0) is 6.42 Å². The van der Waals surface area contributed by atoms with Crippen LogP contribution in [0.3, 0.4) is 0 Å². The highest BCUT2D eigenvalue weighted by atomic mass is 79.9. The SMILES string of the molecule is CN1CCCc2csc(Br)c21. The Morgan fingerprint density at radius 2 is 2.45 bits per heavy atom. The van der Waals surface area contributed by atoms with Crippen LogP contribution in [0.15, 0.2) is 9.17 Å². The van der Waals surface area contributed by atoms with Crippen molar-refractivity contribution in [2.24, 2.45) is 0 Å². The Balaban J connectivity index is 2.48. The Morgan fingerprint density at radius 3 is 3.18 bits per heavy atom. The first-order valence-corrected chi connectivity index (χ1v) is 5.43. The Bertz CT molecular complexity index is 269. The van der Waals surface area contributed by atoms with Crippen LogP contribution < -0.4 is 4.90 Å². The van der Waals surface area contributed by atoms with E-state index < -0.39 is 0 Å². The molecule has 0 saturated heterocycles. The highest BCUT2D eigenvalue weighted by Gasteiger charge is 2.17. The van der Waals surface area contributed by atoms with Gasteiger partial charge < -0.3 is 4.90 Å². The van der Waals surface area contributed by atoms with Gasteiger partial charge in [-0.2, -0.15) is 0 Å². The summed E-state index contributed by atoms with van der Waals surface area (Å²) in [5.41, 5.74) is 2.93. The third-order valence-corrected chi connectivity index (χ3v) is 3.86. The van der Waals surface area contributed by atoms with Crippen molar-refractivity contribution in [1.82, 2.24) is 0 Å². The van der Waals surface area contributed by atoms with Crippen molar-refractivity contribution in [3.63, 3.8) is 0 Å². The molecule has 0 aliphatic carbocycles. The van der Waals surface area contributed by atoms with E-state index in [-0.39, 0.29) is 0 Å². The first-order chi connectivity index (χ1) is 5.29. The number of halogens is 1. The standard InChI is InChI=1S/C8H10BrNS/c1-10-4-2-3-6-5-11-8(9)7(6)10/h5H,2-4H2,1H3. The molecule has 0 bridgehead atoms. The van der Waals surface area contributed by atoms with E-state index in [4.69, 9.17) is 0 Å². The maximum atomic E-state index is 3.57. The van der Waals surface area contributed by atoms with Gasteiger partial charge in [0.25, 0.3) is 0 Å². The average Bonchev–Trinajstić information content (AvgIpc) is 2.34. The second-order valence-electron chi connectivity index (χ2n) is 2.91. The van der Waals surface area contributed by atoms with E-state index >= 15 is 0 Å². The summed E-state index contributed by atoms with van der Waals surface area (Å²) in [4.78, 5) is 2.33. The zero-order valence-corrected chi connectivity index (χ0v) is 8.83. The van der Waals surface area contributed by atoms with Gasteiger partial charge in [-0.3, -0.25) is 0 Å². The minimum Gasteiger partial charge on any atom is -0.373 e. The molecule has 0 N–H and O–H groups in total. The minimum atomic E-state index is 1.20. The Morgan fingerprint density at radius 1 is 1.64 bits per heavy atom. The molecule has 1 aliphatic rings. The number of aryl methyl sites for hydroxylation is 1. The van der Waals surface area contributed by atoms with Gasteiger partial charge in [0.05, 0.1) is 9.47 Å². The van der Waals surface area contributed by atoms with E-state index in [2.05, 4.69) is 33.3 Å². The van der Waals surface area contributed by atoms with E-state index in [0.29, 0.717) is 0 Å². The van der Waals surface area contributed by atoms with E-state index in [1.807, 2.05) is 0 Å². The summed E-state index contributed by atoms with van der Waals surface area (Å²) >= 11 is 5.37. The summed E-state index contributed by atoms with van der Waals surface area (Å²) in [7, 11) is 2.16. The molecule has 1 aromatic heterocycles. The summed E-state index contributed by atoms with van der Waals surface area (Å²) in [6.07, 6.45) is 2.55. The van der Waals surface area contributed by atoms with Crippen LogP contribution >= 0.6 is 27.3 Å². The number of thiophene rings is 1. The Hall–Kier alpha value is -0.0200. The van der Waals surface area contributed by atoms with Gasteiger partial charge in [-0.25, -0.2) is 0 Å². The third-order valence-electron chi connectivity index (χ3n) is 2.12. The number of nitrogens with zero attached hydrogens (tertiary/aromatic N) is 1. The van der Waals surface area contributed by atoms with Crippen LogP contribution in [0.5, 0.6) is 0 Å². The molecule has 0 fully saturated rings. The van der Waals surface area contributed by atoms with Crippen molar-refractivity contribution in [3.8, 4) is 0 Å². The van der Waals surface area contributed by atoms with Gasteiger partial charge in [0.2, 0.25) is 0 Å². The normalized spacial score (nSPS) is 16.7. The lowest BCUT2D eigenvalue weighted by molar-refractivity contribution is 0.747. The van der Waals surface area contributed by atoms with Crippen molar-refractivity contribution >= 4 is 33.0 Å². The molecule has 0 aromatic carbocycles. The van der Waals surface area contributed by atoms with E-state index in [0.717, 1.165) is 0 Å². The highest BCUT2D eigenvalue weighted by Crippen LogP contribution is 2.38. The predicted molar refractivity (Wildman–Crippen MR) is 53.6 cm³/mol. The molecule has 60 valence electrons. The summed E-state index contributed by atoms with van der Waals surface area (Å²) < 4.78 is 1.29. The lowest BCUT2D eigenvalue weighted by Crippen LogP contribution is -2.23. The second-order valence-corrected chi connectivity index (χ2v) is 5.11. The minimum absolute atomic E-state index is 1.20. The molecule has 2 rings (SSSR count). The fourth-order valence-electron chi connectivity index (χ4n) is 1.55. The molecule has 0 radical (unpaired) electrons. The van der Waals surface area contributed by atoms with Gasteiger partial charge in [0, 0.05) is 13.6 Å². The van der Waals surface area contributed by atoms with Crippen LogP contribution in [0.4, 0.5) is 5.69 Å². The van der Waals surface area contributed by atoms with Crippen LogP contribution in [0.2, 0.25) is 0 Å². The summed E-state index contributed by atoms with van der Waals surface area (Å²) in [6.45, 7) is 1.20. The molecular formula is C8H10BrNS. The zero-order chi connectivity index (χ0) is 7.84. The zero-order valence-electron chi connectivity index (χ0n) is 6.43. The summed E-state index contributed by atoms with van der Waals surface area (Å²) in [5, 5.41) is 2.26. The average molecular weight is 232 g/mol. The van der Waals surface area contributed by atoms with Crippen molar-refractivity contribution in [3.05, 3.63) is 14.7 Å². The van der Waals surface area contributed by atoms with Crippen LogP contribution in [0, 0.1) is 0 Å². The molecule has 0 unspecified atom stereocenters. The molecule has 1 nitrogen and oxygen atoms in total. The molecule has 0 saturated carbocycles. The van der Waals surface area contributed by atoms with Crippen molar-refractivity contribution in [1.29, 1.82) is 0 Å². The van der Waals surface area contributed by atoms with Crippen molar-refractivity contribution in [2.45, 2.75) is 12.8 Å². The third kappa shape index (κ3) is 1.20. The Labute approximate surface area is 79.2 Å². The van der Waals surface area contributed by atoms with E-state index in [1.165, 1.54) is 34.4 Å². The maximum absolute atomic E-state index is 3.57. The number of rotatable bonds is 0. The summed E-state index contributed by atoms with van der Waals surface area (Å²) in [5.74, 6) is 0. The highest BCUT2D eigenvalue weighted by molar-refractivity contribution is 9.11. The number of fused-ring (bicyclic) bond motifs is 1. The van der Waals surface area contributed by atoms with E-state index in [9.17, 15) is 0 Å². The largest absolute Gasteiger partial charge is 0.373 e. The molecule has 1 aromatic rings. The summed E-state index contributed by atoms with van der Waals surface area (Å²) in [6, 6.07) is 0. The molecule has 1 aliphatic heterocycles. The van der Waals surface area contributed by atoms with Gasteiger partial charge >= 0.3 is 0 Å². The molecule has 2 heterocycles. The van der Waals surface area contributed by atoms with Gasteiger partial charge in [0.15, 0.2) is 0 Å². The van der Waals surface area contributed by atoms with Crippen LogP contribution in [-0.4, -0.2) is 13.6 Å². The molecule has 11 heavy (non-hydrogen) atoms. The number of anilines is 1. The predicted octanol–water partition coefficient (Wildman–Crippen LogP) is 2.89. The first kappa shape index (κ1) is 7.62. The Kier molecular flexibility index (Phi) is 1.93. The van der Waals surface area contributed by atoms with Crippen LogP contribution in [0.25, 0.3) is 0 Å². The topological polar surface area (TPSA) is 3.24 Å². The van der Waals surface area contributed by atoms with Crippen LogP contribution in [0.1, 0.15) is 12.0 Å². The fourth-order valence-corrected chi connectivity index (χ4v) is 3.26. The van der Waals surface area contributed by atoms with E-state index in [1.54, 1.807) is 11.3 Å². The van der Waals surface area contributed by atoms with Gasteiger partial charge in [-0.15, -0.1) is 11.3 Å². The van der Waals surface area contributed by atoms with Crippen molar-refractivity contribution < 1.29 is 0 Å².